The van der Waals surface area contributed by atoms with E-state index in [1.165, 1.54) is 6.07 Å². The standard InChI is InChI=1S/C13H18FN5O2/c14-12-7-10(16-8-11(20)9-17-18-15)1-2-13(12)19-3-5-21-6-4-19/h1-2,7,11,16,20H,3-6,8-9H2. The minimum absolute atomic E-state index is 0.0160. The van der Waals surface area contributed by atoms with Crippen molar-refractivity contribution in [1.82, 2.24) is 0 Å². The molecule has 1 unspecified atom stereocenters. The molecular formula is C13H18FN5O2. The molecule has 0 amide bonds. The van der Waals surface area contributed by atoms with Crippen LogP contribution in [0, 0.1) is 5.82 Å². The smallest absolute Gasteiger partial charge is 0.148 e. The Morgan fingerprint density at radius 3 is 2.90 bits per heavy atom. The molecule has 0 aliphatic carbocycles. The molecule has 8 heteroatoms. The molecule has 1 aromatic carbocycles. The van der Waals surface area contributed by atoms with E-state index in [-0.39, 0.29) is 18.9 Å². The predicted molar refractivity (Wildman–Crippen MR) is 77.9 cm³/mol. The molecule has 1 saturated heterocycles. The highest BCUT2D eigenvalue weighted by molar-refractivity contribution is 5.56. The predicted octanol–water partition coefficient (Wildman–Crippen LogP) is 1.75. The van der Waals surface area contributed by atoms with Gasteiger partial charge >= 0.3 is 0 Å². The number of aliphatic hydroxyl groups is 1. The number of azide groups is 1. The van der Waals surface area contributed by atoms with Gasteiger partial charge in [-0.3, -0.25) is 0 Å². The van der Waals surface area contributed by atoms with Crippen LogP contribution in [0.1, 0.15) is 0 Å². The number of halogens is 1. The third-order valence-corrected chi connectivity index (χ3v) is 3.20. The molecule has 1 atom stereocenters. The van der Waals surface area contributed by atoms with Crippen molar-refractivity contribution in [3.8, 4) is 0 Å². The van der Waals surface area contributed by atoms with Crippen molar-refractivity contribution in [2.45, 2.75) is 6.10 Å². The molecule has 1 aromatic rings. The Bertz CT molecular complexity index is 515. The third-order valence-electron chi connectivity index (χ3n) is 3.20. The Hall–Kier alpha value is -2.02. The van der Waals surface area contributed by atoms with E-state index in [0.29, 0.717) is 37.7 Å². The molecule has 0 saturated carbocycles. The first-order valence-electron chi connectivity index (χ1n) is 6.75. The van der Waals surface area contributed by atoms with Gasteiger partial charge in [0.1, 0.15) is 5.82 Å². The van der Waals surface area contributed by atoms with Gasteiger partial charge in [-0.25, -0.2) is 4.39 Å². The lowest BCUT2D eigenvalue weighted by atomic mass is 10.2. The number of anilines is 2. The van der Waals surface area contributed by atoms with Crippen molar-refractivity contribution in [2.75, 3.05) is 49.6 Å². The van der Waals surface area contributed by atoms with E-state index in [4.69, 9.17) is 10.3 Å². The van der Waals surface area contributed by atoms with Gasteiger partial charge in [0, 0.05) is 30.2 Å². The average molecular weight is 295 g/mol. The zero-order valence-corrected chi connectivity index (χ0v) is 11.6. The van der Waals surface area contributed by atoms with Crippen molar-refractivity contribution < 1.29 is 14.2 Å². The van der Waals surface area contributed by atoms with Gasteiger partial charge in [0.25, 0.3) is 0 Å². The second kappa shape index (κ2) is 7.68. The highest BCUT2D eigenvalue weighted by Crippen LogP contribution is 2.23. The Kier molecular flexibility index (Phi) is 5.62. The van der Waals surface area contributed by atoms with Crippen LogP contribution in [0.4, 0.5) is 15.8 Å². The van der Waals surface area contributed by atoms with E-state index >= 15 is 0 Å². The fraction of sp³-hybridized carbons (Fsp3) is 0.538. The fourth-order valence-electron chi connectivity index (χ4n) is 2.11. The topological polar surface area (TPSA) is 93.5 Å². The van der Waals surface area contributed by atoms with Crippen molar-refractivity contribution in [3.05, 3.63) is 34.5 Å². The Morgan fingerprint density at radius 1 is 1.48 bits per heavy atom. The van der Waals surface area contributed by atoms with Crippen LogP contribution in [0.3, 0.4) is 0 Å². The van der Waals surface area contributed by atoms with Gasteiger partial charge in [-0.15, -0.1) is 0 Å². The molecule has 2 N–H and O–H groups in total. The maximum Gasteiger partial charge on any atom is 0.148 e. The molecule has 0 bridgehead atoms. The molecule has 21 heavy (non-hydrogen) atoms. The normalized spacial score (nSPS) is 16.2. The van der Waals surface area contributed by atoms with Gasteiger partial charge in [-0.2, -0.15) is 0 Å². The molecule has 7 nitrogen and oxygen atoms in total. The van der Waals surface area contributed by atoms with Gasteiger partial charge in [0.15, 0.2) is 0 Å². The van der Waals surface area contributed by atoms with E-state index in [0.717, 1.165) is 0 Å². The van der Waals surface area contributed by atoms with Gasteiger partial charge in [0.05, 0.1) is 31.5 Å². The molecule has 114 valence electrons. The average Bonchev–Trinajstić information content (AvgIpc) is 2.52. The van der Waals surface area contributed by atoms with Gasteiger partial charge in [0.2, 0.25) is 0 Å². The largest absolute Gasteiger partial charge is 0.391 e. The maximum absolute atomic E-state index is 14.1. The summed E-state index contributed by atoms with van der Waals surface area (Å²) in [4.78, 5) is 4.51. The Morgan fingerprint density at radius 2 is 2.24 bits per heavy atom. The van der Waals surface area contributed by atoms with Crippen molar-refractivity contribution in [3.63, 3.8) is 0 Å². The fourth-order valence-corrected chi connectivity index (χ4v) is 2.11. The second-order valence-electron chi connectivity index (χ2n) is 4.71. The van der Waals surface area contributed by atoms with Crippen LogP contribution in [-0.2, 0) is 4.74 Å². The van der Waals surface area contributed by atoms with E-state index in [9.17, 15) is 9.50 Å². The minimum atomic E-state index is -0.803. The van der Waals surface area contributed by atoms with Crippen LogP contribution in [0.2, 0.25) is 0 Å². The first kappa shape index (κ1) is 15.4. The van der Waals surface area contributed by atoms with Gasteiger partial charge in [-0.05, 0) is 23.7 Å². The molecule has 0 radical (unpaired) electrons. The molecule has 1 heterocycles. The van der Waals surface area contributed by atoms with Crippen LogP contribution in [-0.4, -0.2) is 50.6 Å². The lowest BCUT2D eigenvalue weighted by molar-refractivity contribution is 0.122. The zero-order chi connectivity index (χ0) is 15.1. The van der Waals surface area contributed by atoms with Crippen LogP contribution in [0.25, 0.3) is 10.4 Å². The minimum Gasteiger partial charge on any atom is -0.391 e. The Balaban J connectivity index is 1.93. The van der Waals surface area contributed by atoms with Crippen molar-refractivity contribution in [1.29, 1.82) is 0 Å². The first-order valence-corrected chi connectivity index (χ1v) is 6.75. The molecule has 1 fully saturated rings. The van der Waals surface area contributed by atoms with Crippen LogP contribution >= 0.6 is 0 Å². The van der Waals surface area contributed by atoms with Crippen LogP contribution in [0.15, 0.2) is 23.3 Å². The van der Waals surface area contributed by atoms with E-state index in [1.807, 2.05) is 4.90 Å². The number of hydrogen-bond donors (Lipinski definition) is 2. The summed E-state index contributed by atoms with van der Waals surface area (Å²) in [7, 11) is 0. The van der Waals surface area contributed by atoms with Crippen LogP contribution in [0.5, 0.6) is 0 Å². The highest BCUT2D eigenvalue weighted by atomic mass is 19.1. The van der Waals surface area contributed by atoms with Crippen molar-refractivity contribution >= 4 is 11.4 Å². The number of aliphatic hydroxyl groups excluding tert-OH is 1. The molecular weight excluding hydrogens is 277 g/mol. The molecule has 2 rings (SSSR count). The number of ether oxygens (including phenoxy) is 1. The van der Waals surface area contributed by atoms with E-state index < -0.39 is 6.10 Å². The van der Waals surface area contributed by atoms with Crippen molar-refractivity contribution in [2.24, 2.45) is 5.11 Å². The summed E-state index contributed by atoms with van der Waals surface area (Å²) in [5, 5.41) is 15.7. The third kappa shape index (κ3) is 4.49. The molecule has 0 aromatic heterocycles. The summed E-state index contributed by atoms with van der Waals surface area (Å²) >= 11 is 0. The summed E-state index contributed by atoms with van der Waals surface area (Å²) < 4.78 is 19.4. The van der Waals surface area contributed by atoms with Gasteiger partial charge < -0.3 is 20.1 Å². The van der Waals surface area contributed by atoms with E-state index in [1.54, 1.807) is 12.1 Å². The quantitative estimate of drug-likeness (QED) is 0.475. The molecule has 1 aliphatic rings. The lowest BCUT2D eigenvalue weighted by Crippen LogP contribution is -2.36. The second-order valence-corrected chi connectivity index (χ2v) is 4.71. The number of benzene rings is 1. The summed E-state index contributed by atoms with van der Waals surface area (Å²) in [6.45, 7) is 2.73. The summed E-state index contributed by atoms with van der Waals surface area (Å²) in [6.07, 6.45) is -0.803. The Labute approximate surface area is 121 Å². The SMILES string of the molecule is [N-]=[N+]=NCC(O)CNc1ccc(N2CCOCC2)c(F)c1. The first-order chi connectivity index (χ1) is 10.2. The molecule has 0 spiro atoms. The van der Waals surface area contributed by atoms with E-state index in [2.05, 4.69) is 15.3 Å². The maximum atomic E-state index is 14.1. The number of hydrogen-bond acceptors (Lipinski definition) is 5. The number of rotatable bonds is 6. The number of morpholine rings is 1. The monoisotopic (exact) mass is 295 g/mol. The van der Waals surface area contributed by atoms with Gasteiger partial charge in [-0.1, -0.05) is 5.11 Å². The summed E-state index contributed by atoms with van der Waals surface area (Å²) in [5.74, 6) is -0.313. The number of nitrogens with one attached hydrogen (secondary N) is 1. The number of nitrogens with zero attached hydrogens (tertiary/aromatic N) is 4. The highest BCUT2D eigenvalue weighted by Gasteiger charge is 2.15. The van der Waals surface area contributed by atoms with Crippen LogP contribution < -0.4 is 10.2 Å². The summed E-state index contributed by atoms with van der Waals surface area (Å²) in [6, 6.07) is 4.86. The lowest BCUT2D eigenvalue weighted by Gasteiger charge is -2.29. The zero-order valence-electron chi connectivity index (χ0n) is 11.6. The summed E-state index contributed by atoms with van der Waals surface area (Å²) in [5.41, 5.74) is 9.28. The molecule has 1 aliphatic heterocycles.